The fourth-order valence-electron chi connectivity index (χ4n) is 13.6. The number of carbonyl (C=O) groups is 2. The molecule has 2 heterocycles. The number of aliphatic hydroxyl groups is 1. The number of rotatable bonds is 4. The number of carbonyl (C=O) groups excluding carboxylic acids is 2. The molecule has 2 amide bonds. The molecule has 0 bridgehead atoms. The Morgan fingerprint density at radius 1 is 0.940 bits per heavy atom. The summed E-state index contributed by atoms with van der Waals surface area (Å²) in [7, 11) is 0. The van der Waals surface area contributed by atoms with E-state index in [0.29, 0.717) is 24.8 Å². The van der Waals surface area contributed by atoms with Gasteiger partial charge in [-0.15, -0.1) is 0 Å². The van der Waals surface area contributed by atoms with Crippen LogP contribution in [0.5, 0.6) is 0 Å². The van der Waals surface area contributed by atoms with E-state index in [-0.39, 0.29) is 57.5 Å². The van der Waals surface area contributed by atoms with E-state index in [1.165, 1.54) is 12.0 Å². The van der Waals surface area contributed by atoms with E-state index in [4.69, 9.17) is 4.98 Å². The lowest BCUT2D eigenvalue weighted by Gasteiger charge is -2.72. The monoisotopic (exact) mass is 680 g/mol. The van der Waals surface area contributed by atoms with Crippen molar-refractivity contribution in [2.24, 2.45) is 45.3 Å². The number of urea groups is 1. The van der Waals surface area contributed by atoms with E-state index in [0.717, 1.165) is 80.4 Å². The van der Waals surface area contributed by atoms with Crippen molar-refractivity contribution in [1.29, 1.82) is 0 Å². The van der Waals surface area contributed by atoms with Crippen molar-refractivity contribution in [3.05, 3.63) is 53.5 Å². The largest absolute Gasteiger partial charge is 0.393 e. The summed E-state index contributed by atoms with van der Waals surface area (Å²) in [5.41, 5.74) is 4.01. The molecule has 0 radical (unpaired) electrons. The minimum atomic E-state index is -0.620. The van der Waals surface area contributed by atoms with Crippen molar-refractivity contribution in [3.63, 3.8) is 0 Å². The molecule has 5 aliphatic carbocycles. The van der Waals surface area contributed by atoms with Crippen LogP contribution < -0.4 is 5.32 Å². The molecule has 50 heavy (non-hydrogen) atoms. The number of H-pyrrole nitrogens is 1. The Morgan fingerprint density at radius 3 is 2.44 bits per heavy atom. The number of amides is 2. The predicted molar refractivity (Wildman–Crippen MR) is 197 cm³/mol. The molecule has 9 atom stereocenters. The number of ketones is 1. The van der Waals surface area contributed by atoms with Crippen molar-refractivity contribution in [2.45, 2.75) is 137 Å². The minimum absolute atomic E-state index is 0.0383. The van der Waals surface area contributed by atoms with Crippen LogP contribution in [0.3, 0.4) is 0 Å². The number of likely N-dealkylation sites (tertiary alicyclic amines) is 1. The zero-order chi connectivity index (χ0) is 35.4. The second-order valence-electron chi connectivity index (χ2n) is 19.0. The minimum Gasteiger partial charge on any atom is -0.393 e. The van der Waals surface area contributed by atoms with Crippen LogP contribution in [0, 0.1) is 45.3 Å². The van der Waals surface area contributed by atoms with Gasteiger partial charge in [-0.2, -0.15) is 0 Å². The molecule has 3 N–H and O–H groups in total. The lowest BCUT2D eigenvalue weighted by Crippen LogP contribution is -2.67. The van der Waals surface area contributed by atoms with Crippen molar-refractivity contribution < 1.29 is 14.7 Å². The second-order valence-corrected chi connectivity index (χ2v) is 19.0. The Morgan fingerprint density at radius 2 is 1.70 bits per heavy atom. The van der Waals surface area contributed by atoms with Gasteiger partial charge in [-0.1, -0.05) is 78.8 Å². The van der Waals surface area contributed by atoms with E-state index in [1.807, 2.05) is 29.3 Å². The molecule has 5 fully saturated rings. The number of hydrogen-bond acceptors (Lipinski definition) is 4. The number of benzene rings is 1. The topological polar surface area (TPSA) is 98.3 Å². The van der Waals surface area contributed by atoms with Crippen LogP contribution in [0.2, 0.25) is 0 Å². The van der Waals surface area contributed by atoms with Crippen LogP contribution in [0.4, 0.5) is 4.79 Å². The van der Waals surface area contributed by atoms with Gasteiger partial charge in [0.2, 0.25) is 0 Å². The Kier molecular flexibility index (Phi) is 7.88. The first-order valence-electron chi connectivity index (χ1n) is 19.8. The molecule has 270 valence electrons. The molecular weight excluding hydrogens is 620 g/mol. The molecule has 7 nitrogen and oxygen atoms in total. The maximum Gasteiger partial charge on any atom is 0.318 e. The second kappa shape index (κ2) is 11.5. The number of aromatic amines is 1. The third-order valence-electron chi connectivity index (χ3n) is 16.3. The first-order chi connectivity index (χ1) is 23.7. The summed E-state index contributed by atoms with van der Waals surface area (Å²) in [6.45, 7) is 17.4. The number of nitrogens with zero attached hydrogens (tertiary/aromatic N) is 2. The average Bonchev–Trinajstić information content (AvgIpc) is 3.81. The fraction of sp³-hybridized carbons (Fsp3) is 0.698. The van der Waals surface area contributed by atoms with Gasteiger partial charge in [0.05, 0.1) is 29.6 Å². The molecule has 1 aromatic carbocycles. The maximum atomic E-state index is 14.5. The van der Waals surface area contributed by atoms with Gasteiger partial charge in [0, 0.05) is 13.0 Å². The summed E-state index contributed by atoms with van der Waals surface area (Å²) in [6.07, 6.45) is 12.2. The Labute approximate surface area is 299 Å². The van der Waals surface area contributed by atoms with Crippen molar-refractivity contribution in [3.8, 4) is 11.3 Å². The van der Waals surface area contributed by atoms with E-state index >= 15 is 0 Å². The summed E-state index contributed by atoms with van der Waals surface area (Å²) in [5, 5.41) is 14.8. The van der Waals surface area contributed by atoms with Crippen molar-refractivity contribution in [1.82, 2.24) is 20.2 Å². The number of imidazole rings is 1. The van der Waals surface area contributed by atoms with Crippen LogP contribution in [0.1, 0.15) is 131 Å². The summed E-state index contributed by atoms with van der Waals surface area (Å²) in [4.78, 5) is 38.9. The Bertz CT molecular complexity index is 1710. The predicted octanol–water partition coefficient (Wildman–Crippen LogP) is 9.02. The highest BCUT2D eigenvalue weighted by Gasteiger charge is 2.70. The summed E-state index contributed by atoms with van der Waals surface area (Å²) >= 11 is 0. The highest BCUT2D eigenvalue weighted by molar-refractivity contribution is 6.02. The molecule has 6 aliphatic rings. The molecule has 1 aliphatic heterocycles. The molecule has 0 spiro atoms. The van der Waals surface area contributed by atoms with Crippen LogP contribution >= 0.6 is 0 Å². The highest BCUT2D eigenvalue weighted by Crippen LogP contribution is 2.75. The number of Topliss-reactive ketones (excluding diaryl/α,β-unsaturated/α-hetero) is 1. The quantitative estimate of drug-likeness (QED) is 0.300. The first kappa shape index (κ1) is 34.2. The molecule has 8 rings (SSSR count). The number of fused-ring (bicyclic) bond motifs is 7. The van der Waals surface area contributed by atoms with Gasteiger partial charge in [0.1, 0.15) is 5.82 Å². The number of aliphatic hydroxyl groups excluding tert-OH is 1. The zero-order valence-corrected chi connectivity index (χ0v) is 31.6. The Hall–Kier alpha value is -2.93. The van der Waals surface area contributed by atoms with Crippen molar-refractivity contribution >= 4 is 11.8 Å². The number of hydrogen-bond donors (Lipinski definition) is 3. The van der Waals surface area contributed by atoms with Crippen molar-refractivity contribution in [2.75, 3.05) is 6.54 Å². The molecular formula is C43H60N4O3. The summed E-state index contributed by atoms with van der Waals surface area (Å²) < 4.78 is 0. The SMILES string of the molecule is CC(C)C1=C2[C@H]3CC[C@@H]4[C@@]5(C)CC[C@H](O)C(C)(C)[C@@H]5CC[C@@]4(C)[C@]3(C)CC[C@@]2(NC(=O)N2CCCC2c2ncc(-c3ccccc3)[nH]2)CC1=O. The zero-order valence-electron chi connectivity index (χ0n) is 31.6. The van der Waals surface area contributed by atoms with Crippen LogP contribution in [0.15, 0.2) is 47.7 Å². The van der Waals surface area contributed by atoms with E-state index in [1.54, 1.807) is 0 Å². The van der Waals surface area contributed by atoms with Gasteiger partial charge >= 0.3 is 6.03 Å². The molecule has 1 saturated heterocycles. The van der Waals surface area contributed by atoms with E-state index in [9.17, 15) is 14.7 Å². The number of allylic oxidation sites excluding steroid dienone is 1. The fourth-order valence-corrected chi connectivity index (χ4v) is 13.6. The average molecular weight is 681 g/mol. The van der Waals surface area contributed by atoms with Crippen LogP contribution in [-0.4, -0.2) is 50.0 Å². The molecule has 1 unspecified atom stereocenters. The third kappa shape index (κ3) is 4.66. The Balaban J connectivity index is 1.11. The van der Waals surface area contributed by atoms with Gasteiger partial charge in [0.25, 0.3) is 0 Å². The highest BCUT2D eigenvalue weighted by atomic mass is 16.3. The number of aromatic nitrogens is 2. The number of nitrogens with one attached hydrogen (secondary N) is 2. The molecule has 7 heteroatoms. The van der Waals surface area contributed by atoms with Gasteiger partial charge in [0.15, 0.2) is 5.78 Å². The van der Waals surface area contributed by atoms with Crippen LogP contribution in [0.25, 0.3) is 11.3 Å². The molecule has 2 aromatic rings. The normalized spacial score (nSPS) is 40.7. The van der Waals surface area contributed by atoms with E-state index in [2.05, 4.69) is 70.9 Å². The van der Waals surface area contributed by atoms with E-state index < -0.39 is 5.54 Å². The van der Waals surface area contributed by atoms with Gasteiger partial charge < -0.3 is 20.3 Å². The summed E-state index contributed by atoms with van der Waals surface area (Å²) in [5.74, 6) is 2.57. The molecule has 4 saturated carbocycles. The maximum absolute atomic E-state index is 14.5. The standard InChI is InChI=1S/C43H60N4O3/c1-26(2)35-31(48)24-43(46-38(50)47-23-11-14-30(47)37-44-25-29(45-37)27-12-9-8-10-13-27)22-21-41(6)28(36(35)43)15-16-33-40(5)19-18-34(49)39(3,4)32(40)17-20-42(33,41)7/h8-10,12-13,25-26,28,30,32-34,49H,11,14-24H2,1-7H3,(H,44,45)(H,46,50)/t28-,30?,32+,33-,34+,40+,41-,42-,43-/m1/s1. The van der Waals surface area contributed by atoms with Crippen LogP contribution in [-0.2, 0) is 4.79 Å². The first-order valence-corrected chi connectivity index (χ1v) is 19.8. The smallest absolute Gasteiger partial charge is 0.318 e. The molecule has 1 aromatic heterocycles. The third-order valence-corrected chi connectivity index (χ3v) is 16.3. The summed E-state index contributed by atoms with van der Waals surface area (Å²) in [6, 6.07) is 10.0. The lowest BCUT2D eigenvalue weighted by atomic mass is 9.33. The lowest BCUT2D eigenvalue weighted by molar-refractivity contribution is -0.226. The van der Waals surface area contributed by atoms with Gasteiger partial charge in [-0.3, -0.25) is 4.79 Å². The van der Waals surface area contributed by atoms with Gasteiger partial charge in [-0.05, 0) is 126 Å². The van der Waals surface area contributed by atoms with Gasteiger partial charge in [-0.25, -0.2) is 9.78 Å².